The zero-order valence-electron chi connectivity index (χ0n) is 12.2. The van der Waals surface area contributed by atoms with E-state index in [1.165, 1.54) is 16.7 Å². The lowest BCUT2D eigenvalue weighted by Gasteiger charge is -2.11. The van der Waals surface area contributed by atoms with E-state index in [1.807, 2.05) is 12.1 Å². The third-order valence-electron chi connectivity index (χ3n) is 3.28. The lowest BCUT2D eigenvalue weighted by atomic mass is 10.1. The first-order valence-electron chi connectivity index (χ1n) is 6.84. The van der Waals surface area contributed by atoms with Crippen LogP contribution in [-0.4, -0.2) is 6.54 Å². The largest absolute Gasteiger partial charge is 0.456 e. The number of rotatable bonds is 5. The van der Waals surface area contributed by atoms with Crippen molar-refractivity contribution in [3.63, 3.8) is 0 Å². The number of ether oxygens (including phenoxy) is 1. The van der Waals surface area contributed by atoms with Crippen LogP contribution in [0.15, 0.2) is 40.9 Å². The zero-order chi connectivity index (χ0) is 14.5. The molecule has 0 atom stereocenters. The molecule has 2 aromatic rings. The highest BCUT2D eigenvalue weighted by molar-refractivity contribution is 9.10. The molecule has 0 aliphatic heterocycles. The minimum Gasteiger partial charge on any atom is -0.456 e. The molecule has 0 fully saturated rings. The molecule has 0 aliphatic rings. The van der Waals surface area contributed by atoms with E-state index >= 15 is 0 Å². The third-order valence-corrected chi connectivity index (χ3v) is 3.90. The molecule has 20 heavy (non-hydrogen) atoms. The lowest BCUT2D eigenvalue weighted by Crippen LogP contribution is -2.11. The van der Waals surface area contributed by atoms with E-state index in [4.69, 9.17) is 4.74 Å². The average molecular weight is 334 g/mol. The van der Waals surface area contributed by atoms with Gasteiger partial charge in [-0.1, -0.05) is 19.1 Å². The van der Waals surface area contributed by atoms with Crippen LogP contribution in [0.2, 0.25) is 0 Å². The Labute approximate surface area is 129 Å². The maximum absolute atomic E-state index is 5.94. The van der Waals surface area contributed by atoms with E-state index < -0.39 is 0 Å². The van der Waals surface area contributed by atoms with Gasteiger partial charge in [0.05, 0.1) is 4.47 Å². The van der Waals surface area contributed by atoms with Crippen LogP contribution < -0.4 is 10.1 Å². The summed E-state index contributed by atoms with van der Waals surface area (Å²) in [5.74, 6) is 1.71. The molecule has 2 aromatic carbocycles. The number of nitrogens with one attached hydrogen (secondary N) is 1. The smallest absolute Gasteiger partial charge is 0.141 e. The van der Waals surface area contributed by atoms with Crippen molar-refractivity contribution in [1.29, 1.82) is 0 Å². The first-order chi connectivity index (χ1) is 9.60. The van der Waals surface area contributed by atoms with Crippen LogP contribution >= 0.6 is 15.9 Å². The van der Waals surface area contributed by atoms with Crippen LogP contribution in [0.1, 0.15) is 23.6 Å². The highest BCUT2D eigenvalue weighted by Gasteiger charge is 2.05. The fourth-order valence-electron chi connectivity index (χ4n) is 1.91. The Morgan fingerprint density at radius 3 is 2.50 bits per heavy atom. The summed E-state index contributed by atoms with van der Waals surface area (Å²) in [5.41, 5.74) is 3.76. The quantitative estimate of drug-likeness (QED) is 0.834. The Balaban J connectivity index is 2.14. The number of aryl methyl sites for hydroxylation is 2. The highest BCUT2D eigenvalue weighted by atomic mass is 79.9. The van der Waals surface area contributed by atoms with Gasteiger partial charge in [0.1, 0.15) is 11.5 Å². The Morgan fingerprint density at radius 2 is 1.85 bits per heavy atom. The van der Waals surface area contributed by atoms with Gasteiger partial charge >= 0.3 is 0 Å². The van der Waals surface area contributed by atoms with E-state index in [-0.39, 0.29) is 0 Å². The summed E-state index contributed by atoms with van der Waals surface area (Å²) in [7, 11) is 0. The van der Waals surface area contributed by atoms with E-state index in [2.05, 4.69) is 66.3 Å². The van der Waals surface area contributed by atoms with Crippen molar-refractivity contribution in [3.8, 4) is 11.5 Å². The van der Waals surface area contributed by atoms with Gasteiger partial charge in [0, 0.05) is 6.54 Å². The highest BCUT2D eigenvalue weighted by Crippen LogP contribution is 2.31. The molecule has 3 heteroatoms. The Hall–Kier alpha value is -1.32. The zero-order valence-corrected chi connectivity index (χ0v) is 13.8. The van der Waals surface area contributed by atoms with Crippen molar-refractivity contribution in [1.82, 2.24) is 5.32 Å². The first-order valence-corrected chi connectivity index (χ1v) is 7.63. The van der Waals surface area contributed by atoms with Crippen molar-refractivity contribution in [2.45, 2.75) is 27.3 Å². The minimum atomic E-state index is 0.841. The lowest BCUT2D eigenvalue weighted by molar-refractivity contribution is 0.478. The van der Waals surface area contributed by atoms with Crippen LogP contribution in [0.3, 0.4) is 0 Å². The number of benzene rings is 2. The summed E-state index contributed by atoms with van der Waals surface area (Å²) >= 11 is 3.58. The summed E-state index contributed by atoms with van der Waals surface area (Å²) in [6, 6.07) is 12.3. The minimum absolute atomic E-state index is 0.841. The van der Waals surface area contributed by atoms with Gasteiger partial charge in [0.2, 0.25) is 0 Å². The predicted octanol–water partition coefficient (Wildman–Crippen LogP) is 4.97. The second kappa shape index (κ2) is 6.91. The molecule has 0 bridgehead atoms. The fourth-order valence-corrected chi connectivity index (χ4v) is 2.42. The predicted molar refractivity (Wildman–Crippen MR) is 87.5 cm³/mol. The molecule has 2 rings (SSSR count). The molecule has 0 spiro atoms. The van der Waals surface area contributed by atoms with Crippen LogP contribution in [0.4, 0.5) is 0 Å². The van der Waals surface area contributed by atoms with Gasteiger partial charge in [-0.15, -0.1) is 0 Å². The fraction of sp³-hybridized carbons (Fsp3) is 0.294. The van der Waals surface area contributed by atoms with E-state index in [0.29, 0.717) is 0 Å². The van der Waals surface area contributed by atoms with E-state index in [0.717, 1.165) is 29.1 Å². The van der Waals surface area contributed by atoms with E-state index in [9.17, 15) is 0 Å². The molecule has 0 radical (unpaired) electrons. The van der Waals surface area contributed by atoms with Crippen molar-refractivity contribution >= 4 is 15.9 Å². The molecule has 0 saturated carbocycles. The third kappa shape index (κ3) is 3.84. The molecule has 0 aliphatic carbocycles. The van der Waals surface area contributed by atoms with Crippen molar-refractivity contribution in [2.75, 3.05) is 6.54 Å². The van der Waals surface area contributed by atoms with Crippen molar-refractivity contribution in [2.24, 2.45) is 0 Å². The second-order valence-electron chi connectivity index (χ2n) is 4.89. The molecular weight excluding hydrogens is 314 g/mol. The molecule has 0 unspecified atom stereocenters. The van der Waals surface area contributed by atoms with Gasteiger partial charge in [-0.3, -0.25) is 0 Å². The standard InChI is InChI=1S/C17H20BrNO/c1-4-19-11-14-6-8-17(16(18)10-14)20-15-7-5-12(2)13(3)9-15/h5-10,19H,4,11H2,1-3H3. The van der Waals surface area contributed by atoms with Gasteiger partial charge in [0.15, 0.2) is 0 Å². The average Bonchev–Trinajstić information content (AvgIpc) is 2.43. The van der Waals surface area contributed by atoms with Crippen LogP contribution in [0.25, 0.3) is 0 Å². The van der Waals surface area contributed by atoms with Crippen molar-refractivity contribution in [3.05, 3.63) is 57.6 Å². The monoisotopic (exact) mass is 333 g/mol. The maximum atomic E-state index is 5.94. The second-order valence-corrected chi connectivity index (χ2v) is 5.75. The van der Waals surface area contributed by atoms with Gasteiger partial charge < -0.3 is 10.1 Å². The molecule has 0 aromatic heterocycles. The SMILES string of the molecule is CCNCc1ccc(Oc2ccc(C)c(C)c2)c(Br)c1. The number of hydrogen-bond acceptors (Lipinski definition) is 2. The summed E-state index contributed by atoms with van der Waals surface area (Å²) in [6.07, 6.45) is 0. The van der Waals surface area contributed by atoms with Gasteiger partial charge in [-0.05, 0) is 77.3 Å². The van der Waals surface area contributed by atoms with E-state index in [1.54, 1.807) is 0 Å². The van der Waals surface area contributed by atoms with Crippen LogP contribution in [-0.2, 0) is 6.54 Å². The first kappa shape index (κ1) is 15.1. The summed E-state index contributed by atoms with van der Waals surface area (Å²) < 4.78 is 6.92. The van der Waals surface area contributed by atoms with Crippen LogP contribution in [0.5, 0.6) is 11.5 Å². The summed E-state index contributed by atoms with van der Waals surface area (Å²) in [5, 5.41) is 3.31. The van der Waals surface area contributed by atoms with Crippen LogP contribution in [0, 0.1) is 13.8 Å². The molecule has 1 N–H and O–H groups in total. The molecule has 0 heterocycles. The topological polar surface area (TPSA) is 21.3 Å². The Kier molecular flexibility index (Phi) is 5.21. The van der Waals surface area contributed by atoms with Gasteiger partial charge in [-0.2, -0.15) is 0 Å². The number of hydrogen-bond donors (Lipinski definition) is 1. The molecule has 106 valence electrons. The van der Waals surface area contributed by atoms with Gasteiger partial charge in [-0.25, -0.2) is 0 Å². The number of halogens is 1. The molecule has 0 amide bonds. The maximum Gasteiger partial charge on any atom is 0.141 e. The van der Waals surface area contributed by atoms with Crippen molar-refractivity contribution < 1.29 is 4.74 Å². The molecule has 0 saturated heterocycles. The van der Waals surface area contributed by atoms with Gasteiger partial charge in [0.25, 0.3) is 0 Å². The Morgan fingerprint density at radius 1 is 1.05 bits per heavy atom. The molecular formula is C17H20BrNO. The Bertz CT molecular complexity index is 596. The normalized spacial score (nSPS) is 10.6. The summed E-state index contributed by atoms with van der Waals surface area (Å²) in [6.45, 7) is 8.14. The molecule has 2 nitrogen and oxygen atoms in total. The summed E-state index contributed by atoms with van der Waals surface area (Å²) in [4.78, 5) is 0.